The fourth-order valence-corrected chi connectivity index (χ4v) is 3.20. The highest BCUT2D eigenvalue weighted by Gasteiger charge is 2.08. The molecule has 1 N–H and O–H groups in total. The molecule has 0 fully saturated rings. The topological polar surface area (TPSA) is 63.1 Å². The normalized spacial score (nSPS) is 10.6. The summed E-state index contributed by atoms with van der Waals surface area (Å²) in [7, 11) is 0. The number of carbonyl (C=O) groups is 1. The number of ketones is 1. The molecule has 2 aromatic rings. The number of phenols is 1. The second kappa shape index (κ2) is 5.49. The Morgan fingerprint density at radius 3 is 2.83 bits per heavy atom. The molecule has 1 aromatic carbocycles. The van der Waals surface area contributed by atoms with Gasteiger partial charge in [-0.05, 0) is 32.0 Å². The second-order valence-electron chi connectivity index (χ2n) is 3.78. The van der Waals surface area contributed by atoms with Crippen molar-refractivity contribution in [3.8, 4) is 5.75 Å². The molecule has 0 radical (unpaired) electrons. The summed E-state index contributed by atoms with van der Waals surface area (Å²) in [6.07, 6.45) is 0. The first-order chi connectivity index (χ1) is 8.56. The van der Waals surface area contributed by atoms with Gasteiger partial charge in [-0.1, -0.05) is 23.1 Å². The van der Waals surface area contributed by atoms with E-state index in [1.807, 2.05) is 6.92 Å². The van der Waals surface area contributed by atoms with Crippen LogP contribution in [0.25, 0.3) is 0 Å². The third-order valence-corrected chi connectivity index (χ3v) is 4.37. The zero-order valence-electron chi connectivity index (χ0n) is 10.0. The minimum atomic E-state index is -0.00647. The molecule has 0 aliphatic carbocycles. The zero-order chi connectivity index (χ0) is 13.1. The Labute approximate surface area is 113 Å². The number of benzene rings is 1. The van der Waals surface area contributed by atoms with Crippen LogP contribution in [0.3, 0.4) is 0 Å². The van der Waals surface area contributed by atoms with E-state index in [1.54, 1.807) is 18.2 Å². The van der Waals surface area contributed by atoms with E-state index in [1.165, 1.54) is 30.0 Å². The Balaban J connectivity index is 2.13. The van der Waals surface area contributed by atoms with Crippen LogP contribution in [0.1, 0.15) is 27.9 Å². The highest BCUT2D eigenvalue weighted by atomic mass is 32.2. The first kappa shape index (κ1) is 13.0. The lowest BCUT2D eigenvalue weighted by atomic mass is 10.1. The predicted molar refractivity (Wildman–Crippen MR) is 72.3 cm³/mol. The number of aryl methyl sites for hydroxylation is 1. The third kappa shape index (κ3) is 3.08. The fourth-order valence-electron chi connectivity index (χ4n) is 1.40. The lowest BCUT2D eigenvalue weighted by molar-refractivity contribution is 0.101. The number of hydrogen-bond acceptors (Lipinski definition) is 6. The number of nitrogens with zero attached hydrogens (tertiary/aromatic N) is 2. The van der Waals surface area contributed by atoms with Gasteiger partial charge < -0.3 is 5.11 Å². The van der Waals surface area contributed by atoms with Crippen LogP contribution in [0.5, 0.6) is 5.75 Å². The van der Waals surface area contributed by atoms with Crippen molar-refractivity contribution >= 4 is 28.9 Å². The van der Waals surface area contributed by atoms with Gasteiger partial charge in [0.1, 0.15) is 10.8 Å². The summed E-state index contributed by atoms with van der Waals surface area (Å²) in [4.78, 5) is 11.3. The summed E-state index contributed by atoms with van der Waals surface area (Å²) >= 11 is 3.02. The van der Waals surface area contributed by atoms with Gasteiger partial charge in [0.05, 0.1) is 0 Å². The molecule has 0 amide bonds. The molecule has 0 saturated heterocycles. The second-order valence-corrected chi connectivity index (χ2v) is 6.18. The summed E-state index contributed by atoms with van der Waals surface area (Å²) < 4.78 is 0.861. The molecule has 0 unspecified atom stereocenters. The van der Waals surface area contributed by atoms with Crippen LogP contribution in [0.4, 0.5) is 0 Å². The zero-order valence-corrected chi connectivity index (χ0v) is 11.6. The Hall–Kier alpha value is -1.40. The average Bonchev–Trinajstić information content (AvgIpc) is 2.74. The molecule has 0 bridgehead atoms. The standard InChI is InChI=1S/C12H12N2O2S2/c1-7(15)9-3-4-11(16)10(5-9)6-17-12-14-13-8(2)18-12/h3-5,16H,6H2,1-2H3. The van der Waals surface area contributed by atoms with Crippen LogP contribution < -0.4 is 0 Å². The number of phenolic OH excluding ortho intramolecular Hbond substituents is 1. The van der Waals surface area contributed by atoms with E-state index in [0.29, 0.717) is 11.3 Å². The van der Waals surface area contributed by atoms with Gasteiger partial charge in [-0.25, -0.2) is 0 Å². The fraction of sp³-hybridized carbons (Fsp3) is 0.250. The van der Waals surface area contributed by atoms with Crippen LogP contribution in [0.15, 0.2) is 22.5 Å². The number of aromatic nitrogens is 2. The largest absolute Gasteiger partial charge is 0.508 e. The molecular formula is C12H12N2O2S2. The van der Waals surface area contributed by atoms with Crippen LogP contribution in [0, 0.1) is 6.92 Å². The van der Waals surface area contributed by atoms with E-state index in [0.717, 1.165) is 14.9 Å². The number of rotatable bonds is 4. The van der Waals surface area contributed by atoms with Gasteiger partial charge in [0, 0.05) is 16.9 Å². The van der Waals surface area contributed by atoms with E-state index in [-0.39, 0.29) is 11.5 Å². The van der Waals surface area contributed by atoms with Gasteiger partial charge in [-0.15, -0.1) is 10.2 Å². The van der Waals surface area contributed by atoms with Gasteiger partial charge in [0.25, 0.3) is 0 Å². The summed E-state index contributed by atoms with van der Waals surface area (Å²) in [6, 6.07) is 4.90. The smallest absolute Gasteiger partial charge is 0.174 e. The average molecular weight is 280 g/mol. The van der Waals surface area contributed by atoms with Crippen molar-refractivity contribution < 1.29 is 9.90 Å². The molecule has 0 spiro atoms. The Bertz CT molecular complexity index is 581. The van der Waals surface area contributed by atoms with E-state index >= 15 is 0 Å². The highest BCUT2D eigenvalue weighted by Crippen LogP contribution is 2.29. The maximum atomic E-state index is 11.3. The number of Topliss-reactive ketones (excluding diaryl/α,β-unsaturated/α-hetero) is 1. The number of aromatic hydroxyl groups is 1. The molecule has 0 saturated carbocycles. The van der Waals surface area contributed by atoms with Gasteiger partial charge in [-0.2, -0.15) is 0 Å². The van der Waals surface area contributed by atoms with Crippen molar-refractivity contribution in [2.45, 2.75) is 23.9 Å². The van der Waals surface area contributed by atoms with Gasteiger partial charge in [-0.3, -0.25) is 4.79 Å². The first-order valence-corrected chi connectivity index (χ1v) is 7.12. The van der Waals surface area contributed by atoms with Gasteiger partial charge in [0.15, 0.2) is 10.1 Å². The van der Waals surface area contributed by atoms with E-state index in [2.05, 4.69) is 10.2 Å². The molecule has 18 heavy (non-hydrogen) atoms. The molecule has 94 valence electrons. The van der Waals surface area contributed by atoms with Crippen molar-refractivity contribution in [1.82, 2.24) is 10.2 Å². The summed E-state index contributed by atoms with van der Waals surface area (Å²) in [6.45, 7) is 3.41. The molecule has 4 nitrogen and oxygen atoms in total. The first-order valence-electron chi connectivity index (χ1n) is 5.32. The minimum absolute atomic E-state index is 0.00647. The third-order valence-electron chi connectivity index (χ3n) is 2.34. The number of hydrogen-bond donors (Lipinski definition) is 1. The van der Waals surface area contributed by atoms with Crippen LogP contribution in [0.2, 0.25) is 0 Å². The Morgan fingerprint density at radius 1 is 1.44 bits per heavy atom. The summed E-state index contributed by atoms with van der Waals surface area (Å²) in [5, 5.41) is 18.6. The van der Waals surface area contributed by atoms with Crippen LogP contribution in [-0.4, -0.2) is 21.1 Å². The SMILES string of the molecule is CC(=O)c1ccc(O)c(CSc2nnc(C)s2)c1. The molecule has 0 aliphatic heterocycles. The molecule has 2 rings (SSSR count). The molecule has 6 heteroatoms. The summed E-state index contributed by atoms with van der Waals surface area (Å²) in [5.41, 5.74) is 1.34. The molecular weight excluding hydrogens is 268 g/mol. The van der Waals surface area contributed by atoms with Crippen molar-refractivity contribution in [3.63, 3.8) is 0 Å². The number of carbonyl (C=O) groups excluding carboxylic acids is 1. The predicted octanol–water partition coefficient (Wildman–Crippen LogP) is 3.05. The molecule has 0 atom stereocenters. The highest BCUT2D eigenvalue weighted by molar-refractivity contribution is 8.00. The van der Waals surface area contributed by atoms with E-state index in [4.69, 9.17) is 0 Å². The molecule has 1 aromatic heterocycles. The van der Waals surface area contributed by atoms with Gasteiger partial charge >= 0.3 is 0 Å². The van der Waals surface area contributed by atoms with E-state index < -0.39 is 0 Å². The minimum Gasteiger partial charge on any atom is -0.508 e. The Kier molecular flexibility index (Phi) is 3.98. The quantitative estimate of drug-likeness (QED) is 0.689. The lowest BCUT2D eigenvalue weighted by Crippen LogP contribution is -1.93. The van der Waals surface area contributed by atoms with Gasteiger partial charge in [0.2, 0.25) is 0 Å². The van der Waals surface area contributed by atoms with Crippen molar-refractivity contribution in [3.05, 3.63) is 34.3 Å². The summed E-state index contributed by atoms with van der Waals surface area (Å²) in [5.74, 6) is 0.767. The maximum absolute atomic E-state index is 11.3. The monoisotopic (exact) mass is 280 g/mol. The molecule has 0 aliphatic rings. The van der Waals surface area contributed by atoms with Crippen molar-refractivity contribution in [1.29, 1.82) is 0 Å². The molecule has 1 heterocycles. The maximum Gasteiger partial charge on any atom is 0.174 e. The number of thioether (sulfide) groups is 1. The lowest BCUT2D eigenvalue weighted by Gasteiger charge is -2.04. The van der Waals surface area contributed by atoms with E-state index in [9.17, 15) is 9.90 Å². The van der Waals surface area contributed by atoms with Crippen molar-refractivity contribution in [2.75, 3.05) is 0 Å². The Morgan fingerprint density at radius 2 is 2.22 bits per heavy atom. The van der Waals surface area contributed by atoms with Crippen LogP contribution in [-0.2, 0) is 5.75 Å². The van der Waals surface area contributed by atoms with Crippen molar-refractivity contribution in [2.24, 2.45) is 0 Å². The van der Waals surface area contributed by atoms with Crippen LogP contribution >= 0.6 is 23.1 Å².